The minimum atomic E-state index is -0.753. The number of carbonyl (C=O) groups excluding carboxylic acids is 1. The topological polar surface area (TPSA) is 81.5 Å². The average Bonchev–Trinajstić information content (AvgIpc) is 2.52. The first-order valence-electron chi connectivity index (χ1n) is 7.26. The molecule has 1 N–H and O–H groups in total. The molecule has 0 aliphatic rings. The molecule has 1 atom stereocenters. The zero-order chi connectivity index (χ0) is 17.9. The second kappa shape index (κ2) is 7.31. The summed E-state index contributed by atoms with van der Waals surface area (Å²) < 4.78 is 5.70. The van der Waals surface area contributed by atoms with E-state index in [4.69, 9.17) is 16.3 Å². The monoisotopic (exact) mass is 348 g/mol. The van der Waals surface area contributed by atoms with E-state index in [1.54, 1.807) is 6.92 Å². The van der Waals surface area contributed by atoms with E-state index in [0.717, 1.165) is 11.1 Å². The predicted octanol–water partition coefficient (Wildman–Crippen LogP) is 4.27. The number of rotatable bonds is 5. The van der Waals surface area contributed by atoms with Crippen LogP contribution in [0.1, 0.15) is 18.1 Å². The number of non-ortho nitro benzene ring substituents is 1. The first kappa shape index (κ1) is 17.7. The first-order chi connectivity index (χ1) is 11.3. The third-order valence-electron chi connectivity index (χ3n) is 3.44. The number of ether oxygens (including phenoxy) is 1. The highest BCUT2D eigenvalue weighted by Gasteiger charge is 2.18. The summed E-state index contributed by atoms with van der Waals surface area (Å²) in [5, 5.41) is 13.4. The molecule has 0 aromatic heterocycles. The molecule has 1 unspecified atom stereocenters. The summed E-state index contributed by atoms with van der Waals surface area (Å²) in [7, 11) is 0. The van der Waals surface area contributed by atoms with Gasteiger partial charge < -0.3 is 10.1 Å². The number of hydrogen-bond donors (Lipinski definition) is 1. The van der Waals surface area contributed by atoms with Crippen LogP contribution in [-0.2, 0) is 4.79 Å². The van der Waals surface area contributed by atoms with E-state index >= 15 is 0 Å². The van der Waals surface area contributed by atoms with Crippen molar-refractivity contribution in [3.8, 4) is 5.75 Å². The third-order valence-corrected chi connectivity index (χ3v) is 3.75. The number of anilines is 1. The Kier molecular flexibility index (Phi) is 5.41. The van der Waals surface area contributed by atoms with Gasteiger partial charge in [0.25, 0.3) is 11.6 Å². The molecule has 0 saturated heterocycles. The highest BCUT2D eigenvalue weighted by molar-refractivity contribution is 6.34. The Labute approximate surface area is 144 Å². The van der Waals surface area contributed by atoms with Crippen LogP contribution in [0.25, 0.3) is 0 Å². The lowest BCUT2D eigenvalue weighted by atomic mass is 10.1. The maximum atomic E-state index is 12.3. The van der Waals surface area contributed by atoms with Gasteiger partial charge in [-0.05, 0) is 44.0 Å². The first-order valence-corrected chi connectivity index (χ1v) is 7.64. The molecular weight excluding hydrogens is 332 g/mol. The van der Waals surface area contributed by atoms with E-state index in [2.05, 4.69) is 5.32 Å². The standard InChI is InChI=1S/C17H17ClN2O4/c1-10-4-5-11(2)16(8-10)24-12(3)17(21)19-15-7-6-13(20(22)23)9-14(15)18/h4-9,12H,1-3H3,(H,19,21). The Bertz CT molecular complexity index is 792. The predicted molar refractivity (Wildman–Crippen MR) is 92.7 cm³/mol. The molecule has 0 radical (unpaired) electrons. The molecule has 2 aromatic carbocycles. The number of nitrogens with one attached hydrogen (secondary N) is 1. The summed E-state index contributed by atoms with van der Waals surface area (Å²) >= 11 is 5.97. The number of carbonyl (C=O) groups is 1. The van der Waals surface area contributed by atoms with Crippen molar-refractivity contribution in [2.75, 3.05) is 5.32 Å². The molecule has 126 valence electrons. The molecule has 0 saturated carbocycles. The minimum Gasteiger partial charge on any atom is -0.481 e. The molecule has 0 bridgehead atoms. The lowest BCUT2D eigenvalue weighted by Crippen LogP contribution is -2.30. The van der Waals surface area contributed by atoms with Crippen molar-refractivity contribution < 1.29 is 14.5 Å². The second-order valence-electron chi connectivity index (χ2n) is 5.44. The van der Waals surface area contributed by atoms with E-state index in [0.29, 0.717) is 11.4 Å². The van der Waals surface area contributed by atoms with E-state index in [1.165, 1.54) is 18.2 Å². The summed E-state index contributed by atoms with van der Waals surface area (Å²) in [5.41, 5.74) is 2.11. The van der Waals surface area contributed by atoms with Crippen molar-refractivity contribution in [2.24, 2.45) is 0 Å². The van der Waals surface area contributed by atoms with Crippen LogP contribution in [0.3, 0.4) is 0 Å². The number of hydrogen-bond acceptors (Lipinski definition) is 4. The van der Waals surface area contributed by atoms with Gasteiger partial charge in [-0.1, -0.05) is 23.7 Å². The van der Waals surface area contributed by atoms with Gasteiger partial charge in [-0.3, -0.25) is 14.9 Å². The molecule has 1 amide bonds. The van der Waals surface area contributed by atoms with E-state index in [1.807, 2.05) is 32.0 Å². The molecule has 0 fully saturated rings. The lowest BCUT2D eigenvalue weighted by molar-refractivity contribution is -0.384. The van der Waals surface area contributed by atoms with Gasteiger partial charge in [0, 0.05) is 12.1 Å². The van der Waals surface area contributed by atoms with Crippen LogP contribution in [0.2, 0.25) is 5.02 Å². The SMILES string of the molecule is Cc1ccc(C)c(OC(C)C(=O)Nc2ccc([N+](=O)[O-])cc2Cl)c1. The Morgan fingerprint density at radius 3 is 2.58 bits per heavy atom. The third kappa shape index (κ3) is 4.23. The van der Waals surface area contributed by atoms with Crippen LogP contribution in [0.15, 0.2) is 36.4 Å². The molecule has 2 rings (SSSR count). The van der Waals surface area contributed by atoms with Gasteiger partial charge in [0.15, 0.2) is 6.10 Å². The summed E-state index contributed by atoms with van der Waals surface area (Å²) in [4.78, 5) is 22.4. The molecule has 0 aliphatic heterocycles. The number of nitro groups is 1. The molecule has 2 aromatic rings. The van der Waals surface area contributed by atoms with Gasteiger partial charge in [0.05, 0.1) is 15.6 Å². The maximum Gasteiger partial charge on any atom is 0.271 e. The van der Waals surface area contributed by atoms with Crippen molar-refractivity contribution in [2.45, 2.75) is 26.9 Å². The van der Waals surface area contributed by atoms with Gasteiger partial charge in [0.1, 0.15) is 5.75 Å². The number of benzene rings is 2. The van der Waals surface area contributed by atoms with Gasteiger partial charge in [-0.25, -0.2) is 0 Å². The van der Waals surface area contributed by atoms with Crippen LogP contribution < -0.4 is 10.1 Å². The number of nitro benzene ring substituents is 1. The summed E-state index contributed by atoms with van der Waals surface area (Å²) in [6.07, 6.45) is -0.753. The fourth-order valence-electron chi connectivity index (χ4n) is 2.03. The van der Waals surface area contributed by atoms with Crippen LogP contribution in [0.5, 0.6) is 5.75 Å². The molecule has 0 spiro atoms. The number of aryl methyl sites for hydroxylation is 2. The molecule has 7 heteroatoms. The number of halogens is 1. The van der Waals surface area contributed by atoms with Gasteiger partial charge in [-0.2, -0.15) is 0 Å². The minimum absolute atomic E-state index is 0.0940. The Morgan fingerprint density at radius 2 is 1.96 bits per heavy atom. The summed E-state index contributed by atoms with van der Waals surface area (Å²) in [6.45, 7) is 5.46. The highest BCUT2D eigenvalue weighted by Crippen LogP contribution is 2.27. The Hall–Kier alpha value is -2.60. The molecule has 0 aliphatic carbocycles. The van der Waals surface area contributed by atoms with Gasteiger partial charge in [-0.15, -0.1) is 0 Å². The fraction of sp³-hybridized carbons (Fsp3) is 0.235. The molecule has 24 heavy (non-hydrogen) atoms. The molecule has 0 heterocycles. The Morgan fingerprint density at radius 1 is 1.25 bits per heavy atom. The normalized spacial score (nSPS) is 11.7. The van der Waals surface area contributed by atoms with Gasteiger partial charge >= 0.3 is 0 Å². The quantitative estimate of drug-likeness (QED) is 0.646. The lowest BCUT2D eigenvalue weighted by Gasteiger charge is -2.17. The van der Waals surface area contributed by atoms with E-state index in [9.17, 15) is 14.9 Å². The van der Waals surface area contributed by atoms with Gasteiger partial charge in [0.2, 0.25) is 0 Å². The van der Waals surface area contributed by atoms with Crippen LogP contribution in [0.4, 0.5) is 11.4 Å². The van der Waals surface area contributed by atoms with Crippen LogP contribution in [-0.4, -0.2) is 16.9 Å². The van der Waals surface area contributed by atoms with E-state index in [-0.39, 0.29) is 10.7 Å². The maximum absolute atomic E-state index is 12.3. The largest absolute Gasteiger partial charge is 0.481 e. The second-order valence-corrected chi connectivity index (χ2v) is 5.85. The van der Waals surface area contributed by atoms with Crippen LogP contribution >= 0.6 is 11.6 Å². The van der Waals surface area contributed by atoms with Crippen molar-refractivity contribution in [3.05, 3.63) is 62.7 Å². The fourth-order valence-corrected chi connectivity index (χ4v) is 2.25. The highest BCUT2D eigenvalue weighted by atomic mass is 35.5. The summed E-state index contributed by atoms with van der Waals surface area (Å²) in [5.74, 6) is 0.235. The van der Waals surface area contributed by atoms with E-state index < -0.39 is 16.9 Å². The zero-order valence-corrected chi connectivity index (χ0v) is 14.3. The number of nitrogens with zero attached hydrogens (tertiary/aromatic N) is 1. The van der Waals surface area contributed by atoms with Crippen molar-refractivity contribution in [1.29, 1.82) is 0 Å². The van der Waals surface area contributed by atoms with Crippen molar-refractivity contribution in [1.82, 2.24) is 0 Å². The smallest absolute Gasteiger partial charge is 0.271 e. The number of amides is 1. The molecular formula is C17H17ClN2O4. The summed E-state index contributed by atoms with van der Waals surface area (Å²) in [6, 6.07) is 9.60. The Balaban J connectivity index is 2.09. The molecule has 6 nitrogen and oxygen atoms in total. The average molecular weight is 349 g/mol. The van der Waals surface area contributed by atoms with Crippen molar-refractivity contribution >= 4 is 28.9 Å². The van der Waals surface area contributed by atoms with Crippen molar-refractivity contribution in [3.63, 3.8) is 0 Å². The van der Waals surface area contributed by atoms with Crippen LogP contribution in [0, 0.1) is 24.0 Å². The zero-order valence-electron chi connectivity index (χ0n) is 13.5.